The van der Waals surface area contributed by atoms with Crippen molar-refractivity contribution in [3.63, 3.8) is 0 Å². The van der Waals surface area contributed by atoms with Gasteiger partial charge in [0.05, 0.1) is 19.3 Å². The van der Waals surface area contributed by atoms with Crippen LogP contribution in [0.1, 0.15) is 52.4 Å². The van der Waals surface area contributed by atoms with E-state index in [-0.39, 0.29) is 30.2 Å². The molecule has 0 bridgehead atoms. The van der Waals surface area contributed by atoms with Crippen molar-refractivity contribution >= 4 is 0 Å². The molecule has 0 aromatic heterocycles. The fourth-order valence-corrected chi connectivity index (χ4v) is 4.22. The van der Waals surface area contributed by atoms with Crippen LogP contribution in [-0.4, -0.2) is 54.6 Å². The zero-order valence-corrected chi connectivity index (χ0v) is 14.1. The molecule has 3 fully saturated rings. The highest BCUT2D eigenvalue weighted by Gasteiger charge is 2.52. The summed E-state index contributed by atoms with van der Waals surface area (Å²) in [5.74, 6) is -0.316. The minimum absolute atomic E-state index is 0.0333. The van der Waals surface area contributed by atoms with Gasteiger partial charge >= 0.3 is 6.18 Å². The van der Waals surface area contributed by atoms with Crippen molar-refractivity contribution in [3.05, 3.63) is 0 Å². The second-order valence-corrected chi connectivity index (χ2v) is 7.71. The number of ether oxygens (including phenoxy) is 2. The molecule has 3 atom stereocenters. The van der Waals surface area contributed by atoms with E-state index in [4.69, 9.17) is 9.47 Å². The van der Waals surface area contributed by atoms with Crippen molar-refractivity contribution in [2.45, 2.75) is 82.3 Å². The molecule has 3 rings (SSSR count). The molecule has 3 aliphatic rings. The van der Waals surface area contributed by atoms with Crippen LogP contribution in [0.15, 0.2) is 0 Å². The quantitative estimate of drug-likeness (QED) is 0.707. The Kier molecular flexibility index (Phi) is 4.96. The second kappa shape index (κ2) is 6.52. The Morgan fingerprint density at radius 1 is 1.13 bits per heavy atom. The van der Waals surface area contributed by atoms with Gasteiger partial charge < -0.3 is 9.47 Å². The lowest BCUT2D eigenvalue weighted by molar-refractivity contribution is -0.230. The fourth-order valence-electron chi connectivity index (χ4n) is 4.22. The number of hydrogen-bond acceptors (Lipinski definition) is 3. The topological polar surface area (TPSA) is 21.7 Å². The molecule has 1 saturated carbocycles. The minimum Gasteiger partial charge on any atom is -0.377 e. The summed E-state index contributed by atoms with van der Waals surface area (Å²) >= 11 is 0. The first-order valence-electron chi connectivity index (χ1n) is 8.88. The summed E-state index contributed by atoms with van der Waals surface area (Å²) in [6.07, 6.45) is -0.216. The van der Waals surface area contributed by atoms with E-state index >= 15 is 0 Å². The predicted octanol–water partition coefficient (Wildman–Crippen LogP) is 3.77. The summed E-state index contributed by atoms with van der Waals surface area (Å²) in [6.45, 7) is 5.89. The van der Waals surface area contributed by atoms with Crippen molar-refractivity contribution < 1.29 is 22.6 Å². The Balaban J connectivity index is 1.57. The van der Waals surface area contributed by atoms with Gasteiger partial charge in [-0.25, -0.2) is 0 Å². The van der Waals surface area contributed by atoms with Crippen molar-refractivity contribution in [1.29, 1.82) is 0 Å². The summed E-state index contributed by atoms with van der Waals surface area (Å²) < 4.78 is 50.5. The molecule has 0 aromatic rings. The lowest BCUT2D eigenvalue weighted by atomic mass is 9.95. The summed E-state index contributed by atoms with van der Waals surface area (Å²) in [4.78, 5) is 2.37. The third-order valence-corrected chi connectivity index (χ3v) is 5.56. The van der Waals surface area contributed by atoms with Gasteiger partial charge in [-0.3, -0.25) is 4.90 Å². The van der Waals surface area contributed by atoms with Crippen LogP contribution in [0.3, 0.4) is 0 Å². The van der Waals surface area contributed by atoms with Gasteiger partial charge in [-0.1, -0.05) is 0 Å². The van der Waals surface area contributed by atoms with Crippen LogP contribution in [0.4, 0.5) is 13.2 Å². The first-order valence-corrected chi connectivity index (χ1v) is 8.88. The summed E-state index contributed by atoms with van der Waals surface area (Å²) in [6, 6.07) is 0.108. The molecule has 2 saturated heterocycles. The summed E-state index contributed by atoms with van der Waals surface area (Å²) in [7, 11) is 0. The standard InChI is InChI=1S/C17H28F3NO2/c1-12(2)23-11-16-7-3-9-21(16)14(6-8-16)10-22-15(13-4-5-13)17(18,19)20/h12-15H,3-11H2,1-2H3/t14-,15?,16-/m0/s1. The number of rotatable bonds is 7. The number of alkyl halides is 3. The largest absolute Gasteiger partial charge is 0.414 e. The molecule has 3 nitrogen and oxygen atoms in total. The smallest absolute Gasteiger partial charge is 0.377 e. The summed E-state index contributed by atoms with van der Waals surface area (Å²) in [5.41, 5.74) is 0.0333. The van der Waals surface area contributed by atoms with E-state index in [9.17, 15) is 13.2 Å². The van der Waals surface area contributed by atoms with Gasteiger partial charge in [-0.15, -0.1) is 0 Å². The number of fused-ring (bicyclic) bond motifs is 1. The molecule has 1 unspecified atom stereocenters. The highest BCUT2D eigenvalue weighted by Crippen LogP contribution is 2.45. The molecular formula is C17H28F3NO2. The average Bonchev–Trinajstić information content (AvgIpc) is 3.09. The van der Waals surface area contributed by atoms with Gasteiger partial charge in [-0.05, 0) is 64.8 Å². The van der Waals surface area contributed by atoms with Crippen molar-refractivity contribution in [2.75, 3.05) is 19.8 Å². The molecule has 0 aromatic carbocycles. The van der Waals surface area contributed by atoms with Crippen LogP contribution >= 0.6 is 0 Å². The fraction of sp³-hybridized carbons (Fsp3) is 1.00. The molecule has 0 spiro atoms. The Hall–Kier alpha value is -0.330. The van der Waals surface area contributed by atoms with E-state index in [0.717, 1.165) is 32.2 Å². The normalized spacial score (nSPS) is 33.4. The molecular weight excluding hydrogens is 307 g/mol. The van der Waals surface area contributed by atoms with E-state index in [1.807, 2.05) is 13.8 Å². The first kappa shape index (κ1) is 17.5. The third kappa shape index (κ3) is 3.85. The molecule has 2 aliphatic heterocycles. The van der Waals surface area contributed by atoms with Gasteiger partial charge in [0, 0.05) is 11.6 Å². The van der Waals surface area contributed by atoms with Crippen LogP contribution in [0.2, 0.25) is 0 Å². The number of nitrogens with zero attached hydrogens (tertiary/aromatic N) is 1. The maximum Gasteiger partial charge on any atom is 0.414 e. The van der Waals surface area contributed by atoms with Crippen LogP contribution in [0, 0.1) is 5.92 Å². The predicted molar refractivity (Wildman–Crippen MR) is 81.3 cm³/mol. The first-order chi connectivity index (χ1) is 10.8. The number of halogens is 3. The van der Waals surface area contributed by atoms with E-state index in [1.165, 1.54) is 0 Å². The molecule has 0 N–H and O–H groups in total. The van der Waals surface area contributed by atoms with E-state index < -0.39 is 12.3 Å². The Bertz CT molecular complexity index is 411. The zero-order valence-electron chi connectivity index (χ0n) is 14.1. The Labute approximate surface area is 136 Å². The van der Waals surface area contributed by atoms with Crippen LogP contribution in [-0.2, 0) is 9.47 Å². The molecule has 134 valence electrons. The maximum atomic E-state index is 13.1. The van der Waals surface area contributed by atoms with Gasteiger partial charge in [-0.2, -0.15) is 13.2 Å². The lowest BCUT2D eigenvalue weighted by Crippen LogP contribution is -2.48. The lowest BCUT2D eigenvalue weighted by Gasteiger charge is -2.36. The van der Waals surface area contributed by atoms with Crippen LogP contribution in [0.5, 0.6) is 0 Å². The van der Waals surface area contributed by atoms with Crippen LogP contribution in [0.25, 0.3) is 0 Å². The van der Waals surface area contributed by atoms with E-state index in [2.05, 4.69) is 4.90 Å². The van der Waals surface area contributed by atoms with Gasteiger partial charge in [0.15, 0.2) is 6.10 Å². The van der Waals surface area contributed by atoms with Crippen molar-refractivity contribution in [3.8, 4) is 0 Å². The SMILES string of the molecule is CC(C)OC[C@@]12CCCN1[C@H](COC(C1CC1)C(F)(F)F)CC2. The monoisotopic (exact) mass is 335 g/mol. The Morgan fingerprint density at radius 3 is 2.48 bits per heavy atom. The highest BCUT2D eigenvalue weighted by atomic mass is 19.4. The summed E-state index contributed by atoms with van der Waals surface area (Å²) in [5, 5.41) is 0. The van der Waals surface area contributed by atoms with Gasteiger partial charge in [0.1, 0.15) is 0 Å². The van der Waals surface area contributed by atoms with Gasteiger partial charge in [0.25, 0.3) is 0 Å². The maximum absolute atomic E-state index is 13.1. The van der Waals surface area contributed by atoms with E-state index in [1.54, 1.807) is 0 Å². The molecule has 1 aliphatic carbocycles. The molecule has 23 heavy (non-hydrogen) atoms. The molecule has 6 heteroatoms. The van der Waals surface area contributed by atoms with Crippen molar-refractivity contribution in [1.82, 2.24) is 4.90 Å². The zero-order chi connectivity index (χ0) is 16.7. The second-order valence-electron chi connectivity index (χ2n) is 7.71. The van der Waals surface area contributed by atoms with Crippen LogP contribution < -0.4 is 0 Å². The Morgan fingerprint density at radius 2 is 1.87 bits per heavy atom. The average molecular weight is 335 g/mol. The van der Waals surface area contributed by atoms with Crippen molar-refractivity contribution in [2.24, 2.45) is 5.92 Å². The molecule has 2 heterocycles. The van der Waals surface area contributed by atoms with Gasteiger partial charge in [0.2, 0.25) is 0 Å². The highest BCUT2D eigenvalue weighted by molar-refractivity contribution is 5.04. The number of hydrogen-bond donors (Lipinski definition) is 0. The minimum atomic E-state index is -4.23. The molecule has 0 amide bonds. The van der Waals surface area contributed by atoms with E-state index in [0.29, 0.717) is 19.4 Å². The third-order valence-electron chi connectivity index (χ3n) is 5.56. The molecule has 0 radical (unpaired) electrons.